The molecular formula is C11H22N2. The van der Waals surface area contributed by atoms with Gasteiger partial charge in [-0.2, -0.15) is 5.26 Å². The zero-order valence-corrected chi connectivity index (χ0v) is 9.35. The Balaban J connectivity index is 3.69. The lowest BCUT2D eigenvalue weighted by molar-refractivity contribution is 0.302. The molecule has 0 aliphatic carbocycles. The summed E-state index contributed by atoms with van der Waals surface area (Å²) in [6.45, 7) is 9.80. The van der Waals surface area contributed by atoms with E-state index >= 15 is 0 Å². The standard InChI is InChI=1S/C11H22N2/c1-5-10(2)13-9-11(3,4)7-6-8-12/h10,13H,5-7,9H2,1-4H3. The predicted molar refractivity (Wildman–Crippen MR) is 56.4 cm³/mol. The SMILES string of the molecule is CCC(C)NCC(C)(C)CCC#N. The highest BCUT2D eigenvalue weighted by atomic mass is 14.9. The Hall–Kier alpha value is -0.550. The number of rotatable bonds is 6. The molecule has 1 unspecified atom stereocenters. The summed E-state index contributed by atoms with van der Waals surface area (Å²) in [6, 6.07) is 2.78. The van der Waals surface area contributed by atoms with Crippen LogP contribution in [0.4, 0.5) is 0 Å². The topological polar surface area (TPSA) is 35.8 Å². The zero-order valence-electron chi connectivity index (χ0n) is 9.35. The number of nitriles is 1. The molecule has 0 saturated carbocycles. The summed E-state index contributed by atoms with van der Waals surface area (Å²) in [5.41, 5.74) is 0.249. The fraction of sp³-hybridized carbons (Fsp3) is 0.909. The highest BCUT2D eigenvalue weighted by molar-refractivity contribution is 4.79. The van der Waals surface area contributed by atoms with E-state index in [1.165, 1.54) is 0 Å². The van der Waals surface area contributed by atoms with Crippen LogP contribution in [0.25, 0.3) is 0 Å². The van der Waals surface area contributed by atoms with Crippen LogP contribution in [0.2, 0.25) is 0 Å². The number of hydrogen-bond donors (Lipinski definition) is 1. The summed E-state index contributed by atoms with van der Waals surface area (Å²) in [5.74, 6) is 0. The monoisotopic (exact) mass is 182 g/mol. The van der Waals surface area contributed by atoms with E-state index in [0.717, 1.165) is 19.4 Å². The van der Waals surface area contributed by atoms with Gasteiger partial charge in [-0.05, 0) is 25.2 Å². The summed E-state index contributed by atoms with van der Waals surface area (Å²) in [4.78, 5) is 0. The molecule has 2 nitrogen and oxygen atoms in total. The van der Waals surface area contributed by atoms with Crippen molar-refractivity contribution in [2.75, 3.05) is 6.54 Å². The van der Waals surface area contributed by atoms with E-state index in [0.29, 0.717) is 12.5 Å². The average Bonchev–Trinajstić information content (AvgIpc) is 2.11. The van der Waals surface area contributed by atoms with Crippen molar-refractivity contribution in [3.8, 4) is 6.07 Å². The Morgan fingerprint density at radius 1 is 1.46 bits per heavy atom. The van der Waals surface area contributed by atoms with Gasteiger partial charge in [0.1, 0.15) is 0 Å². The summed E-state index contributed by atoms with van der Waals surface area (Å²) in [7, 11) is 0. The van der Waals surface area contributed by atoms with Gasteiger partial charge in [0.2, 0.25) is 0 Å². The first-order valence-electron chi connectivity index (χ1n) is 5.12. The first-order valence-corrected chi connectivity index (χ1v) is 5.12. The van der Waals surface area contributed by atoms with Crippen LogP contribution in [0.5, 0.6) is 0 Å². The Kier molecular flexibility index (Phi) is 5.73. The van der Waals surface area contributed by atoms with Crippen LogP contribution in [0, 0.1) is 16.7 Å². The third kappa shape index (κ3) is 6.60. The quantitative estimate of drug-likeness (QED) is 0.685. The van der Waals surface area contributed by atoms with E-state index in [1.54, 1.807) is 0 Å². The van der Waals surface area contributed by atoms with Crippen molar-refractivity contribution in [3.63, 3.8) is 0 Å². The van der Waals surface area contributed by atoms with Crippen LogP contribution in [0.3, 0.4) is 0 Å². The molecule has 0 fully saturated rings. The molecule has 76 valence electrons. The molecule has 0 aromatic carbocycles. The molecule has 0 aliphatic rings. The van der Waals surface area contributed by atoms with Gasteiger partial charge < -0.3 is 5.32 Å². The lowest BCUT2D eigenvalue weighted by Gasteiger charge is -2.25. The molecule has 0 aromatic heterocycles. The summed E-state index contributed by atoms with van der Waals surface area (Å²) in [6.07, 6.45) is 2.80. The Morgan fingerprint density at radius 3 is 2.54 bits per heavy atom. The molecule has 1 N–H and O–H groups in total. The summed E-state index contributed by atoms with van der Waals surface area (Å²) in [5, 5.41) is 12.0. The Bertz CT molecular complexity index is 167. The fourth-order valence-corrected chi connectivity index (χ4v) is 1.08. The van der Waals surface area contributed by atoms with Crippen molar-refractivity contribution in [1.82, 2.24) is 5.32 Å². The lowest BCUT2D eigenvalue weighted by atomic mass is 9.88. The van der Waals surface area contributed by atoms with Crippen LogP contribution in [0.1, 0.15) is 47.0 Å². The largest absolute Gasteiger partial charge is 0.314 e. The fourth-order valence-electron chi connectivity index (χ4n) is 1.08. The van der Waals surface area contributed by atoms with Crippen molar-refractivity contribution in [2.24, 2.45) is 5.41 Å². The molecule has 0 aromatic rings. The molecule has 0 spiro atoms. The van der Waals surface area contributed by atoms with Gasteiger partial charge in [-0.1, -0.05) is 20.8 Å². The lowest BCUT2D eigenvalue weighted by Crippen LogP contribution is -2.35. The van der Waals surface area contributed by atoms with E-state index < -0.39 is 0 Å². The molecule has 0 heterocycles. The molecule has 1 atom stereocenters. The van der Waals surface area contributed by atoms with E-state index in [9.17, 15) is 0 Å². The van der Waals surface area contributed by atoms with Crippen molar-refractivity contribution < 1.29 is 0 Å². The Labute approximate surface area is 82.3 Å². The molecule has 0 radical (unpaired) electrons. The molecule has 0 saturated heterocycles. The zero-order chi connectivity index (χ0) is 10.3. The second-order valence-electron chi connectivity index (χ2n) is 4.51. The molecule has 0 bridgehead atoms. The van der Waals surface area contributed by atoms with Gasteiger partial charge in [0, 0.05) is 19.0 Å². The van der Waals surface area contributed by atoms with Gasteiger partial charge in [0.15, 0.2) is 0 Å². The van der Waals surface area contributed by atoms with Gasteiger partial charge in [-0.15, -0.1) is 0 Å². The average molecular weight is 182 g/mol. The molecule has 0 amide bonds. The van der Waals surface area contributed by atoms with Gasteiger partial charge in [-0.25, -0.2) is 0 Å². The second kappa shape index (κ2) is 5.99. The molecular weight excluding hydrogens is 160 g/mol. The normalized spacial score (nSPS) is 13.8. The molecule has 2 heteroatoms. The van der Waals surface area contributed by atoms with Crippen molar-refractivity contribution >= 4 is 0 Å². The summed E-state index contributed by atoms with van der Waals surface area (Å²) >= 11 is 0. The maximum Gasteiger partial charge on any atom is 0.0621 e. The van der Waals surface area contributed by atoms with Gasteiger partial charge in [0.25, 0.3) is 0 Å². The molecule has 0 aliphatic heterocycles. The third-order valence-electron chi connectivity index (χ3n) is 2.46. The highest BCUT2D eigenvalue weighted by Gasteiger charge is 2.17. The minimum absolute atomic E-state index is 0.249. The number of nitrogens with one attached hydrogen (secondary N) is 1. The first-order chi connectivity index (χ1) is 6.02. The smallest absolute Gasteiger partial charge is 0.0621 e. The van der Waals surface area contributed by atoms with Crippen LogP contribution >= 0.6 is 0 Å². The van der Waals surface area contributed by atoms with Crippen LogP contribution in [-0.2, 0) is 0 Å². The van der Waals surface area contributed by atoms with Gasteiger partial charge in [0.05, 0.1) is 6.07 Å². The first kappa shape index (κ1) is 12.4. The van der Waals surface area contributed by atoms with E-state index in [-0.39, 0.29) is 5.41 Å². The molecule has 0 rings (SSSR count). The van der Waals surface area contributed by atoms with Crippen LogP contribution in [0.15, 0.2) is 0 Å². The van der Waals surface area contributed by atoms with E-state index in [1.807, 2.05) is 0 Å². The maximum atomic E-state index is 8.48. The number of nitrogens with zero attached hydrogens (tertiary/aromatic N) is 1. The Morgan fingerprint density at radius 2 is 2.08 bits per heavy atom. The van der Waals surface area contributed by atoms with Crippen molar-refractivity contribution in [2.45, 2.75) is 53.0 Å². The third-order valence-corrected chi connectivity index (χ3v) is 2.46. The van der Waals surface area contributed by atoms with Crippen LogP contribution < -0.4 is 5.32 Å². The van der Waals surface area contributed by atoms with Gasteiger partial charge in [-0.3, -0.25) is 0 Å². The van der Waals surface area contributed by atoms with Crippen LogP contribution in [-0.4, -0.2) is 12.6 Å². The van der Waals surface area contributed by atoms with E-state index in [2.05, 4.69) is 39.1 Å². The van der Waals surface area contributed by atoms with E-state index in [4.69, 9.17) is 5.26 Å². The maximum absolute atomic E-state index is 8.48. The van der Waals surface area contributed by atoms with Gasteiger partial charge >= 0.3 is 0 Å². The highest BCUT2D eigenvalue weighted by Crippen LogP contribution is 2.20. The molecule has 13 heavy (non-hydrogen) atoms. The predicted octanol–water partition coefficient (Wildman–Crippen LogP) is 2.70. The van der Waals surface area contributed by atoms with Crippen molar-refractivity contribution in [1.29, 1.82) is 5.26 Å². The minimum atomic E-state index is 0.249. The minimum Gasteiger partial charge on any atom is -0.314 e. The van der Waals surface area contributed by atoms with Crippen molar-refractivity contribution in [3.05, 3.63) is 0 Å². The number of hydrogen-bond acceptors (Lipinski definition) is 2. The second-order valence-corrected chi connectivity index (χ2v) is 4.51. The summed E-state index contributed by atoms with van der Waals surface area (Å²) < 4.78 is 0.